The van der Waals surface area contributed by atoms with Crippen LogP contribution in [0.4, 0.5) is 0 Å². The number of aromatic nitrogens is 1. The number of benzene rings is 3. The number of allylic oxidation sites excluding steroid dienone is 1. The van der Waals surface area contributed by atoms with Crippen molar-refractivity contribution in [2.75, 3.05) is 0 Å². The quantitative estimate of drug-likeness (QED) is 0.360. The summed E-state index contributed by atoms with van der Waals surface area (Å²) in [6.45, 7) is 0. The van der Waals surface area contributed by atoms with E-state index in [9.17, 15) is 4.79 Å². The van der Waals surface area contributed by atoms with Crippen LogP contribution in [0.5, 0.6) is 0 Å². The third kappa shape index (κ3) is 3.50. The molecule has 0 radical (unpaired) electrons. The monoisotopic (exact) mass is 488 g/mol. The number of halogens is 2. The minimum atomic E-state index is -0.313. The first-order valence-corrected chi connectivity index (χ1v) is 12.3. The Morgan fingerprint density at radius 3 is 2.58 bits per heavy atom. The maximum atomic E-state index is 13.7. The van der Waals surface area contributed by atoms with Crippen LogP contribution >= 0.6 is 34.5 Å². The minimum absolute atomic E-state index is 0.0518. The van der Waals surface area contributed by atoms with Gasteiger partial charge >= 0.3 is 0 Å². The molecule has 1 aliphatic carbocycles. The molecule has 0 fully saturated rings. The van der Waals surface area contributed by atoms with E-state index >= 15 is 0 Å². The van der Waals surface area contributed by atoms with Gasteiger partial charge in [0.2, 0.25) is 0 Å². The van der Waals surface area contributed by atoms with Gasteiger partial charge in [0.25, 0.3) is 5.56 Å². The highest BCUT2D eigenvalue weighted by Gasteiger charge is 2.33. The molecule has 0 saturated carbocycles. The predicted octanol–water partition coefficient (Wildman–Crippen LogP) is 5.63. The van der Waals surface area contributed by atoms with Crippen LogP contribution in [0.3, 0.4) is 0 Å². The van der Waals surface area contributed by atoms with Gasteiger partial charge in [0.05, 0.1) is 16.3 Å². The van der Waals surface area contributed by atoms with Gasteiger partial charge in [-0.2, -0.15) is 0 Å². The number of aryl methyl sites for hydroxylation is 1. The zero-order valence-corrected chi connectivity index (χ0v) is 19.8. The van der Waals surface area contributed by atoms with Crippen LogP contribution in [0.1, 0.15) is 34.7 Å². The van der Waals surface area contributed by atoms with Crippen molar-refractivity contribution in [2.45, 2.75) is 18.9 Å². The third-order valence-electron chi connectivity index (χ3n) is 6.23. The summed E-state index contributed by atoms with van der Waals surface area (Å²) in [4.78, 5) is 19.4. The first-order chi connectivity index (χ1) is 16.1. The number of thiazole rings is 1. The maximum Gasteiger partial charge on any atom is 0.271 e. The predicted molar refractivity (Wildman–Crippen MR) is 136 cm³/mol. The standard InChI is InChI=1S/C27H18Cl2N2OS/c28-18-11-13-20(22(29)15-18)25-21-12-10-17-8-4-5-9-19(17)24(21)30-27-31(25)26(32)23(33-27)14-16-6-2-1-3-7-16/h1-9,11,13-15,25H,10,12H2/t25-/m1/s1. The first kappa shape index (κ1) is 20.7. The molecule has 2 aliphatic rings. The van der Waals surface area contributed by atoms with E-state index in [4.69, 9.17) is 28.2 Å². The van der Waals surface area contributed by atoms with Crippen LogP contribution < -0.4 is 14.9 Å². The Morgan fingerprint density at radius 2 is 1.76 bits per heavy atom. The third-order valence-corrected chi connectivity index (χ3v) is 7.77. The van der Waals surface area contributed by atoms with E-state index in [0.29, 0.717) is 19.4 Å². The van der Waals surface area contributed by atoms with Crippen LogP contribution in [0.25, 0.3) is 11.8 Å². The number of nitrogens with zero attached hydrogens (tertiary/aromatic N) is 2. The zero-order chi connectivity index (χ0) is 22.5. The molecule has 3 aromatic carbocycles. The second-order valence-electron chi connectivity index (χ2n) is 8.19. The normalized spacial score (nSPS) is 17.3. The van der Waals surface area contributed by atoms with E-state index in [0.717, 1.165) is 40.8 Å². The van der Waals surface area contributed by atoms with E-state index in [2.05, 4.69) is 18.2 Å². The molecule has 6 rings (SSSR count). The van der Waals surface area contributed by atoms with E-state index in [-0.39, 0.29) is 11.6 Å². The summed E-state index contributed by atoms with van der Waals surface area (Å²) in [7, 11) is 0. The molecule has 3 nitrogen and oxygen atoms in total. The fourth-order valence-corrected chi connectivity index (χ4v) is 6.24. The average Bonchev–Trinajstić information content (AvgIpc) is 3.13. The smallest absolute Gasteiger partial charge is 0.271 e. The SMILES string of the molecule is O=c1c(=Cc2ccccc2)sc2n1[C@H](c1ccc(Cl)cc1Cl)C1=C(N=2)c2ccccc2CC1. The Bertz CT molecular complexity index is 1620. The van der Waals surface area contributed by atoms with Crippen molar-refractivity contribution in [3.63, 3.8) is 0 Å². The molecule has 0 bridgehead atoms. The van der Waals surface area contributed by atoms with Gasteiger partial charge in [-0.05, 0) is 53.3 Å². The van der Waals surface area contributed by atoms with Crippen LogP contribution in [-0.4, -0.2) is 4.57 Å². The molecule has 33 heavy (non-hydrogen) atoms. The lowest BCUT2D eigenvalue weighted by Crippen LogP contribution is -2.38. The van der Waals surface area contributed by atoms with E-state index in [1.165, 1.54) is 16.9 Å². The molecule has 6 heteroatoms. The fraction of sp³-hybridized carbons (Fsp3) is 0.111. The molecule has 0 unspecified atom stereocenters. The molecule has 0 amide bonds. The summed E-state index contributed by atoms with van der Waals surface area (Å²) < 4.78 is 2.46. The molecule has 0 N–H and O–H groups in total. The first-order valence-electron chi connectivity index (χ1n) is 10.7. The fourth-order valence-electron chi connectivity index (χ4n) is 4.72. The van der Waals surface area contributed by atoms with Crippen LogP contribution in [0, 0.1) is 0 Å². The van der Waals surface area contributed by atoms with Crippen molar-refractivity contribution in [1.82, 2.24) is 4.57 Å². The van der Waals surface area contributed by atoms with Crippen LogP contribution in [-0.2, 0) is 6.42 Å². The minimum Gasteiger partial charge on any atom is -0.272 e. The molecule has 2 heterocycles. The topological polar surface area (TPSA) is 34.4 Å². The molecule has 162 valence electrons. The van der Waals surface area contributed by atoms with Gasteiger partial charge < -0.3 is 0 Å². The van der Waals surface area contributed by atoms with Gasteiger partial charge in [0, 0.05) is 15.6 Å². The highest BCUT2D eigenvalue weighted by atomic mass is 35.5. The molecule has 4 aromatic rings. The Kier molecular flexibility index (Phi) is 5.10. The average molecular weight is 489 g/mol. The second-order valence-corrected chi connectivity index (χ2v) is 10.0. The molecule has 1 aromatic heterocycles. The lowest BCUT2D eigenvalue weighted by Gasteiger charge is -2.31. The molecule has 1 aliphatic heterocycles. The summed E-state index contributed by atoms with van der Waals surface area (Å²) in [6, 6.07) is 23.5. The molecular weight excluding hydrogens is 471 g/mol. The van der Waals surface area contributed by atoms with Gasteiger partial charge in [-0.1, -0.05) is 95.2 Å². The zero-order valence-electron chi connectivity index (χ0n) is 17.5. The number of fused-ring (bicyclic) bond motifs is 3. The second kappa shape index (κ2) is 8.14. The van der Waals surface area contributed by atoms with Crippen LogP contribution in [0.15, 0.2) is 88.2 Å². The van der Waals surface area contributed by atoms with Crippen molar-refractivity contribution in [3.8, 4) is 0 Å². The highest BCUT2D eigenvalue weighted by molar-refractivity contribution is 7.07. The lowest BCUT2D eigenvalue weighted by molar-refractivity contribution is 0.585. The van der Waals surface area contributed by atoms with Crippen molar-refractivity contribution in [3.05, 3.63) is 130 Å². The Hall–Kier alpha value is -2.92. The van der Waals surface area contributed by atoms with Gasteiger partial charge in [0.15, 0.2) is 4.80 Å². The maximum absolute atomic E-state index is 13.7. The summed E-state index contributed by atoms with van der Waals surface area (Å²) in [5, 5.41) is 1.13. The summed E-state index contributed by atoms with van der Waals surface area (Å²) in [5.41, 5.74) is 6.30. The van der Waals surface area contributed by atoms with Gasteiger partial charge in [0.1, 0.15) is 0 Å². The number of hydrogen-bond acceptors (Lipinski definition) is 3. The van der Waals surface area contributed by atoms with Gasteiger partial charge in [-0.25, -0.2) is 4.99 Å². The van der Waals surface area contributed by atoms with E-state index in [1.807, 2.05) is 54.6 Å². The van der Waals surface area contributed by atoms with E-state index < -0.39 is 0 Å². The Morgan fingerprint density at radius 1 is 0.970 bits per heavy atom. The van der Waals surface area contributed by atoms with Crippen molar-refractivity contribution >= 4 is 46.3 Å². The molecule has 1 atom stereocenters. The van der Waals surface area contributed by atoms with Crippen molar-refractivity contribution < 1.29 is 0 Å². The van der Waals surface area contributed by atoms with Gasteiger partial charge in [-0.3, -0.25) is 9.36 Å². The molecule has 0 saturated heterocycles. The highest BCUT2D eigenvalue weighted by Crippen LogP contribution is 2.43. The van der Waals surface area contributed by atoms with Crippen molar-refractivity contribution in [2.24, 2.45) is 4.99 Å². The molecule has 0 spiro atoms. The summed E-state index contributed by atoms with van der Waals surface area (Å²) in [6.07, 6.45) is 3.66. The summed E-state index contributed by atoms with van der Waals surface area (Å²) in [5.74, 6) is 0. The lowest BCUT2D eigenvalue weighted by atomic mass is 9.83. The summed E-state index contributed by atoms with van der Waals surface area (Å²) >= 11 is 14.3. The molecular formula is C27H18Cl2N2OS. The number of hydrogen-bond donors (Lipinski definition) is 0. The Labute approximate surface area is 204 Å². The Balaban J connectivity index is 1.66. The number of rotatable bonds is 2. The van der Waals surface area contributed by atoms with Crippen LogP contribution in [0.2, 0.25) is 10.0 Å². The van der Waals surface area contributed by atoms with Gasteiger partial charge in [-0.15, -0.1) is 0 Å². The van der Waals surface area contributed by atoms with Crippen molar-refractivity contribution in [1.29, 1.82) is 0 Å². The largest absolute Gasteiger partial charge is 0.272 e. The van der Waals surface area contributed by atoms with E-state index in [1.54, 1.807) is 10.6 Å².